The van der Waals surface area contributed by atoms with Gasteiger partial charge in [-0.25, -0.2) is 0 Å². The first-order chi connectivity index (χ1) is 6.68. The summed E-state index contributed by atoms with van der Waals surface area (Å²) < 4.78 is 1.14. The number of benzene rings is 1. The molecular weight excluding hydrogens is 308 g/mol. The Morgan fingerprint density at radius 2 is 2.14 bits per heavy atom. The summed E-state index contributed by atoms with van der Waals surface area (Å²) >= 11 is 8.55. The van der Waals surface area contributed by atoms with Crippen LogP contribution >= 0.6 is 34.2 Å². The molecule has 1 saturated carbocycles. The quantitative estimate of drug-likeness (QED) is 0.787. The number of halogens is 2. The largest absolute Gasteiger partial charge is 0.328 e. The van der Waals surface area contributed by atoms with Gasteiger partial charge in [0.1, 0.15) is 0 Å². The Morgan fingerprint density at radius 1 is 1.36 bits per heavy atom. The zero-order chi connectivity index (χ0) is 10.1. The van der Waals surface area contributed by atoms with E-state index in [0.717, 1.165) is 21.4 Å². The van der Waals surface area contributed by atoms with Crippen molar-refractivity contribution in [3.05, 3.63) is 32.4 Å². The number of rotatable bonds is 1. The highest BCUT2D eigenvalue weighted by Gasteiger charge is 2.25. The van der Waals surface area contributed by atoms with Crippen LogP contribution in [0.15, 0.2) is 18.2 Å². The standard InChI is InChI=1S/C11H13ClIN/c12-11-9(2-1-3-10(11)13)7-4-5-8(14)6-7/h1-3,7-8H,4-6,14H2. The average molecular weight is 322 g/mol. The van der Waals surface area contributed by atoms with E-state index in [2.05, 4.69) is 34.7 Å². The van der Waals surface area contributed by atoms with Crippen molar-refractivity contribution in [3.8, 4) is 0 Å². The van der Waals surface area contributed by atoms with Gasteiger partial charge in [0.05, 0.1) is 5.02 Å². The third-order valence-corrected chi connectivity index (χ3v) is 4.53. The van der Waals surface area contributed by atoms with E-state index in [4.69, 9.17) is 17.3 Å². The first-order valence-corrected chi connectivity index (χ1v) is 6.33. The van der Waals surface area contributed by atoms with Crippen molar-refractivity contribution in [1.29, 1.82) is 0 Å². The lowest BCUT2D eigenvalue weighted by atomic mass is 9.97. The van der Waals surface area contributed by atoms with Crippen LogP contribution in [-0.2, 0) is 0 Å². The predicted molar refractivity (Wildman–Crippen MR) is 68.7 cm³/mol. The van der Waals surface area contributed by atoms with Crippen molar-refractivity contribution in [1.82, 2.24) is 0 Å². The van der Waals surface area contributed by atoms with Crippen molar-refractivity contribution >= 4 is 34.2 Å². The molecule has 0 aliphatic heterocycles. The molecule has 1 aliphatic rings. The van der Waals surface area contributed by atoms with E-state index in [9.17, 15) is 0 Å². The molecule has 2 rings (SSSR count). The van der Waals surface area contributed by atoms with Crippen LogP contribution in [0.3, 0.4) is 0 Å². The molecule has 1 aliphatic carbocycles. The van der Waals surface area contributed by atoms with Gasteiger partial charge in [-0.2, -0.15) is 0 Å². The molecule has 1 nitrogen and oxygen atoms in total. The van der Waals surface area contributed by atoms with Gasteiger partial charge < -0.3 is 5.73 Å². The number of hydrogen-bond donors (Lipinski definition) is 1. The summed E-state index contributed by atoms with van der Waals surface area (Å²) in [6.45, 7) is 0. The van der Waals surface area contributed by atoms with Crippen LogP contribution in [0.25, 0.3) is 0 Å². The van der Waals surface area contributed by atoms with Gasteiger partial charge in [0.25, 0.3) is 0 Å². The van der Waals surface area contributed by atoms with E-state index in [1.807, 2.05) is 6.07 Å². The van der Waals surface area contributed by atoms with Crippen molar-refractivity contribution in [2.24, 2.45) is 5.73 Å². The third-order valence-electron chi connectivity index (χ3n) is 2.89. The maximum Gasteiger partial charge on any atom is 0.0574 e. The normalized spacial score (nSPS) is 26.8. The Kier molecular flexibility index (Phi) is 3.34. The molecule has 0 bridgehead atoms. The lowest BCUT2D eigenvalue weighted by molar-refractivity contribution is 0.674. The Morgan fingerprint density at radius 3 is 2.79 bits per heavy atom. The molecule has 76 valence electrons. The lowest BCUT2D eigenvalue weighted by Gasteiger charge is -2.12. The zero-order valence-corrected chi connectivity index (χ0v) is 10.8. The number of hydrogen-bond acceptors (Lipinski definition) is 1. The van der Waals surface area contributed by atoms with E-state index in [0.29, 0.717) is 12.0 Å². The SMILES string of the molecule is NC1CCC(c2cccc(I)c2Cl)C1. The molecule has 0 radical (unpaired) electrons. The van der Waals surface area contributed by atoms with E-state index in [-0.39, 0.29) is 0 Å². The minimum atomic E-state index is 0.369. The summed E-state index contributed by atoms with van der Waals surface area (Å²) in [5.41, 5.74) is 7.19. The van der Waals surface area contributed by atoms with Crippen LogP contribution in [0.1, 0.15) is 30.7 Å². The van der Waals surface area contributed by atoms with Gasteiger partial charge in [-0.05, 0) is 59.4 Å². The van der Waals surface area contributed by atoms with Crippen molar-refractivity contribution in [2.45, 2.75) is 31.2 Å². The summed E-state index contributed by atoms with van der Waals surface area (Å²) in [7, 11) is 0. The van der Waals surface area contributed by atoms with E-state index < -0.39 is 0 Å². The molecule has 0 spiro atoms. The average Bonchev–Trinajstić information content (AvgIpc) is 2.57. The van der Waals surface area contributed by atoms with Crippen LogP contribution in [0, 0.1) is 3.57 Å². The van der Waals surface area contributed by atoms with Crippen molar-refractivity contribution in [3.63, 3.8) is 0 Å². The smallest absolute Gasteiger partial charge is 0.0574 e. The molecule has 2 atom stereocenters. The molecule has 1 fully saturated rings. The third kappa shape index (κ3) is 2.07. The maximum absolute atomic E-state index is 6.27. The highest BCUT2D eigenvalue weighted by Crippen LogP contribution is 2.38. The number of nitrogens with two attached hydrogens (primary N) is 1. The molecule has 1 aromatic rings. The van der Waals surface area contributed by atoms with Gasteiger partial charge >= 0.3 is 0 Å². The van der Waals surface area contributed by atoms with Crippen molar-refractivity contribution in [2.75, 3.05) is 0 Å². The summed E-state index contributed by atoms with van der Waals surface area (Å²) in [4.78, 5) is 0. The Hall–Kier alpha value is 0.200. The first-order valence-electron chi connectivity index (χ1n) is 4.88. The highest BCUT2D eigenvalue weighted by molar-refractivity contribution is 14.1. The molecule has 14 heavy (non-hydrogen) atoms. The lowest BCUT2D eigenvalue weighted by Crippen LogP contribution is -2.14. The topological polar surface area (TPSA) is 26.0 Å². The molecule has 3 heteroatoms. The van der Waals surface area contributed by atoms with E-state index in [1.165, 1.54) is 12.0 Å². The second-order valence-corrected chi connectivity index (χ2v) is 5.45. The molecule has 2 unspecified atom stereocenters. The fraction of sp³-hybridized carbons (Fsp3) is 0.455. The van der Waals surface area contributed by atoms with Gasteiger partial charge in [0, 0.05) is 9.61 Å². The highest BCUT2D eigenvalue weighted by atomic mass is 127. The van der Waals surface area contributed by atoms with Crippen LogP contribution in [0.4, 0.5) is 0 Å². The van der Waals surface area contributed by atoms with Gasteiger partial charge in [-0.1, -0.05) is 23.7 Å². The second-order valence-electron chi connectivity index (χ2n) is 3.91. The minimum absolute atomic E-state index is 0.369. The minimum Gasteiger partial charge on any atom is -0.328 e. The van der Waals surface area contributed by atoms with Crippen LogP contribution in [0.2, 0.25) is 5.02 Å². The van der Waals surface area contributed by atoms with Crippen LogP contribution in [-0.4, -0.2) is 6.04 Å². The first kappa shape index (κ1) is 10.7. The molecule has 0 heterocycles. The molecule has 0 amide bonds. The fourth-order valence-electron chi connectivity index (χ4n) is 2.13. The summed E-state index contributed by atoms with van der Waals surface area (Å²) in [6.07, 6.45) is 3.40. The van der Waals surface area contributed by atoms with Gasteiger partial charge in [0.2, 0.25) is 0 Å². The molecule has 2 N–H and O–H groups in total. The molecule has 0 aromatic heterocycles. The fourth-order valence-corrected chi connectivity index (χ4v) is 2.93. The predicted octanol–water partition coefficient (Wildman–Crippen LogP) is 3.54. The Labute approximate surface area is 103 Å². The van der Waals surface area contributed by atoms with Crippen molar-refractivity contribution < 1.29 is 0 Å². The van der Waals surface area contributed by atoms with Crippen LogP contribution in [0.5, 0.6) is 0 Å². The maximum atomic E-state index is 6.27. The second kappa shape index (κ2) is 4.37. The molecule has 0 saturated heterocycles. The summed E-state index contributed by atoms with van der Waals surface area (Å²) in [6, 6.07) is 6.62. The van der Waals surface area contributed by atoms with Gasteiger partial charge in [-0.3, -0.25) is 0 Å². The monoisotopic (exact) mass is 321 g/mol. The van der Waals surface area contributed by atoms with Gasteiger partial charge in [0.15, 0.2) is 0 Å². The van der Waals surface area contributed by atoms with Crippen LogP contribution < -0.4 is 5.73 Å². The van der Waals surface area contributed by atoms with E-state index >= 15 is 0 Å². The summed E-state index contributed by atoms with van der Waals surface area (Å²) in [5, 5.41) is 0.923. The molecule has 1 aromatic carbocycles. The Balaban J connectivity index is 2.28. The van der Waals surface area contributed by atoms with E-state index in [1.54, 1.807) is 0 Å². The Bertz CT molecular complexity index is 340. The van der Waals surface area contributed by atoms with Gasteiger partial charge in [-0.15, -0.1) is 0 Å². The zero-order valence-electron chi connectivity index (χ0n) is 7.84. The summed E-state index contributed by atoms with van der Waals surface area (Å²) in [5.74, 6) is 0.576. The molecular formula is C11H13ClIN.